The van der Waals surface area contributed by atoms with Crippen molar-refractivity contribution in [1.82, 2.24) is 4.98 Å². The molecule has 0 aliphatic carbocycles. The van der Waals surface area contributed by atoms with Crippen molar-refractivity contribution in [1.29, 1.82) is 0 Å². The molecule has 0 aromatic carbocycles. The molecule has 0 saturated heterocycles. The predicted molar refractivity (Wildman–Crippen MR) is 55.5 cm³/mol. The highest BCUT2D eigenvalue weighted by molar-refractivity contribution is 9.10. The third-order valence-corrected chi connectivity index (χ3v) is 2.60. The van der Waals surface area contributed by atoms with Crippen LogP contribution in [-0.2, 0) is 4.84 Å². The Morgan fingerprint density at radius 2 is 2.46 bits per heavy atom. The fraction of sp³-hybridized carbons (Fsp3) is 0.375. The minimum Gasteiger partial charge on any atom is -0.304 e. The summed E-state index contributed by atoms with van der Waals surface area (Å²) in [5, 5.41) is 0.474. The van der Waals surface area contributed by atoms with Gasteiger partial charge in [0.25, 0.3) is 0 Å². The van der Waals surface area contributed by atoms with E-state index in [0.29, 0.717) is 11.8 Å². The van der Waals surface area contributed by atoms with E-state index in [4.69, 9.17) is 17.5 Å². The molecular weight excluding hydrogens is 255 g/mol. The molecule has 0 spiro atoms. The highest BCUT2D eigenvalue weighted by Gasteiger charge is 2.10. The van der Waals surface area contributed by atoms with E-state index < -0.39 is 0 Å². The Morgan fingerprint density at radius 3 is 3.08 bits per heavy atom. The van der Waals surface area contributed by atoms with Crippen molar-refractivity contribution < 1.29 is 4.84 Å². The molecule has 1 heterocycles. The molecule has 0 bridgehead atoms. The molecule has 1 aromatic rings. The van der Waals surface area contributed by atoms with Crippen molar-refractivity contribution in [2.45, 2.75) is 12.8 Å². The number of pyridine rings is 1. The van der Waals surface area contributed by atoms with Gasteiger partial charge in [0.2, 0.25) is 0 Å². The zero-order valence-corrected chi connectivity index (χ0v) is 9.47. The lowest BCUT2D eigenvalue weighted by Crippen LogP contribution is -2.09. The van der Waals surface area contributed by atoms with Gasteiger partial charge in [-0.15, -0.1) is 0 Å². The molecule has 2 N–H and O–H groups in total. The molecule has 0 amide bonds. The number of nitrogens with zero attached hydrogens (tertiary/aromatic N) is 1. The lowest BCUT2D eigenvalue weighted by atomic mass is 10.0. The third kappa shape index (κ3) is 2.91. The van der Waals surface area contributed by atoms with Crippen LogP contribution in [0.3, 0.4) is 0 Å². The van der Waals surface area contributed by atoms with E-state index >= 15 is 0 Å². The summed E-state index contributed by atoms with van der Waals surface area (Å²) in [6.07, 6.45) is 1.67. The Morgan fingerprint density at radius 1 is 1.77 bits per heavy atom. The summed E-state index contributed by atoms with van der Waals surface area (Å²) in [6, 6.07) is 1.80. The van der Waals surface area contributed by atoms with Crippen LogP contribution >= 0.6 is 27.5 Å². The first kappa shape index (κ1) is 10.9. The predicted octanol–water partition coefficient (Wildman–Crippen LogP) is 2.49. The maximum atomic E-state index is 5.76. The van der Waals surface area contributed by atoms with Gasteiger partial charge in [-0.3, -0.25) is 0 Å². The van der Waals surface area contributed by atoms with Crippen LogP contribution in [-0.4, -0.2) is 11.6 Å². The molecule has 0 radical (unpaired) electrons. The minimum absolute atomic E-state index is 0.194. The molecule has 0 aliphatic heterocycles. The average Bonchev–Trinajstić information content (AvgIpc) is 2.09. The largest absolute Gasteiger partial charge is 0.304 e. The molecule has 5 heteroatoms. The normalized spacial score (nSPS) is 12.9. The Kier molecular flexibility index (Phi) is 4.12. The third-order valence-electron chi connectivity index (χ3n) is 1.73. The second kappa shape index (κ2) is 4.91. The summed E-state index contributed by atoms with van der Waals surface area (Å²) in [4.78, 5) is 8.50. The first-order chi connectivity index (χ1) is 6.15. The van der Waals surface area contributed by atoms with E-state index in [0.717, 1.165) is 10.0 Å². The molecule has 0 aliphatic rings. The number of aromatic nitrogens is 1. The van der Waals surface area contributed by atoms with Crippen molar-refractivity contribution in [3.05, 3.63) is 27.5 Å². The maximum Gasteiger partial charge on any atom is 0.129 e. The van der Waals surface area contributed by atoms with Gasteiger partial charge in [0.15, 0.2) is 0 Å². The zero-order chi connectivity index (χ0) is 9.84. The van der Waals surface area contributed by atoms with Gasteiger partial charge in [-0.25, -0.2) is 10.9 Å². The monoisotopic (exact) mass is 264 g/mol. The number of hydrogen-bond donors (Lipinski definition) is 1. The van der Waals surface area contributed by atoms with E-state index in [2.05, 4.69) is 25.8 Å². The topological polar surface area (TPSA) is 48.1 Å². The van der Waals surface area contributed by atoms with E-state index in [1.807, 2.05) is 6.92 Å². The highest BCUT2D eigenvalue weighted by atomic mass is 79.9. The van der Waals surface area contributed by atoms with Crippen molar-refractivity contribution in [2.24, 2.45) is 5.90 Å². The summed E-state index contributed by atoms with van der Waals surface area (Å²) >= 11 is 9.14. The zero-order valence-electron chi connectivity index (χ0n) is 7.13. The second-order valence-corrected chi connectivity index (χ2v) is 4.00. The Bertz CT molecular complexity index is 295. The molecule has 3 nitrogen and oxygen atoms in total. The van der Waals surface area contributed by atoms with Crippen LogP contribution < -0.4 is 5.90 Å². The fourth-order valence-corrected chi connectivity index (χ4v) is 1.81. The second-order valence-electron chi connectivity index (χ2n) is 2.76. The lowest BCUT2D eigenvalue weighted by molar-refractivity contribution is 0.126. The summed E-state index contributed by atoms with van der Waals surface area (Å²) in [6.45, 7) is 2.46. The van der Waals surface area contributed by atoms with Crippen LogP contribution in [0, 0.1) is 0 Å². The van der Waals surface area contributed by atoms with Gasteiger partial charge < -0.3 is 4.84 Å². The Hall–Kier alpha value is -0.160. The summed E-state index contributed by atoms with van der Waals surface area (Å²) < 4.78 is 0.918. The Balaban J connectivity index is 2.91. The van der Waals surface area contributed by atoms with Gasteiger partial charge in [-0.2, -0.15) is 0 Å². The number of nitrogens with two attached hydrogens (primary N) is 1. The lowest BCUT2D eigenvalue weighted by Gasteiger charge is -2.11. The quantitative estimate of drug-likeness (QED) is 0.675. The summed E-state index contributed by atoms with van der Waals surface area (Å²) in [5.74, 6) is 5.19. The van der Waals surface area contributed by atoms with Gasteiger partial charge in [-0.05, 0) is 27.6 Å². The van der Waals surface area contributed by atoms with Crippen LogP contribution in [0.1, 0.15) is 18.4 Å². The molecule has 1 aromatic heterocycles. The number of hydrogen-bond acceptors (Lipinski definition) is 3. The van der Waals surface area contributed by atoms with Crippen LogP contribution in [0.15, 0.2) is 16.7 Å². The van der Waals surface area contributed by atoms with Gasteiger partial charge in [0, 0.05) is 16.6 Å². The molecule has 0 saturated carbocycles. The van der Waals surface area contributed by atoms with Gasteiger partial charge >= 0.3 is 0 Å². The van der Waals surface area contributed by atoms with Gasteiger partial charge in [0.05, 0.1) is 6.61 Å². The highest BCUT2D eigenvalue weighted by Crippen LogP contribution is 2.26. The molecule has 1 atom stereocenters. The van der Waals surface area contributed by atoms with E-state index in [-0.39, 0.29) is 5.92 Å². The van der Waals surface area contributed by atoms with E-state index in [1.54, 1.807) is 12.3 Å². The summed E-state index contributed by atoms with van der Waals surface area (Å²) in [5.41, 5.74) is 1.05. The van der Waals surface area contributed by atoms with Crippen molar-refractivity contribution >= 4 is 27.5 Å². The molecule has 1 rings (SSSR count). The standard InChI is InChI=1S/C8H10BrClN2O/c1-5(4-13-11)6-2-8(10)12-3-7(6)9/h2-3,5H,4,11H2,1H3. The number of rotatable bonds is 3. The van der Waals surface area contributed by atoms with Gasteiger partial charge in [0.1, 0.15) is 5.15 Å². The average molecular weight is 266 g/mol. The maximum absolute atomic E-state index is 5.76. The first-order valence-corrected chi connectivity index (χ1v) is 4.95. The molecule has 0 fully saturated rings. The molecule has 72 valence electrons. The Labute approximate surface area is 90.3 Å². The number of halogens is 2. The SMILES string of the molecule is CC(CON)c1cc(Cl)ncc1Br. The first-order valence-electron chi connectivity index (χ1n) is 3.77. The molecule has 13 heavy (non-hydrogen) atoms. The van der Waals surface area contributed by atoms with Crippen LogP contribution in [0.25, 0.3) is 0 Å². The van der Waals surface area contributed by atoms with Crippen molar-refractivity contribution in [2.75, 3.05) is 6.61 Å². The van der Waals surface area contributed by atoms with Crippen LogP contribution in [0.4, 0.5) is 0 Å². The van der Waals surface area contributed by atoms with Crippen molar-refractivity contribution in [3.63, 3.8) is 0 Å². The molecular formula is C8H10BrClN2O. The molecule has 1 unspecified atom stereocenters. The fourth-order valence-electron chi connectivity index (χ4n) is 1.04. The smallest absolute Gasteiger partial charge is 0.129 e. The van der Waals surface area contributed by atoms with Gasteiger partial charge in [-0.1, -0.05) is 18.5 Å². The van der Waals surface area contributed by atoms with Crippen molar-refractivity contribution in [3.8, 4) is 0 Å². The van der Waals surface area contributed by atoms with Crippen LogP contribution in [0.2, 0.25) is 5.15 Å². The minimum atomic E-state index is 0.194. The van der Waals surface area contributed by atoms with E-state index in [9.17, 15) is 0 Å². The van der Waals surface area contributed by atoms with E-state index in [1.165, 1.54) is 0 Å². The van der Waals surface area contributed by atoms with Crippen LogP contribution in [0.5, 0.6) is 0 Å². The summed E-state index contributed by atoms with van der Waals surface area (Å²) in [7, 11) is 0.